The number of benzene rings is 2. The number of fused-ring (bicyclic) bond motifs is 2. The first-order chi connectivity index (χ1) is 13.1. The summed E-state index contributed by atoms with van der Waals surface area (Å²) < 4.78 is 6.94. The van der Waals surface area contributed by atoms with Gasteiger partial charge in [-0.3, -0.25) is 4.79 Å². The minimum Gasteiger partial charge on any atom is -0.497 e. The van der Waals surface area contributed by atoms with E-state index in [0.717, 1.165) is 27.5 Å². The van der Waals surface area contributed by atoms with Crippen molar-refractivity contribution < 1.29 is 9.53 Å². The van der Waals surface area contributed by atoms with Gasteiger partial charge in [0.15, 0.2) is 11.5 Å². The zero-order valence-electron chi connectivity index (χ0n) is 15.5. The third-order valence-corrected chi connectivity index (χ3v) is 4.55. The SMILES string of the molecule is CCn1nc(NC(=O)c2ccc(OC)cc2)c2cc3cc(C)ccc3nc21. The van der Waals surface area contributed by atoms with Crippen LogP contribution in [0.15, 0.2) is 48.5 Å². The molecule has 0 aliphatic heterocycles. The number of ether oxygens (including phenoxy) is 1. The number of amides is 1. The van der Waals surface area contributed by atoms with E-state index in [1.165, 1.54) is 0 Å². The number of aromatic nitrogens is 3. The molecule has 2 aromatic carbocycles. The molecule has 0 radical (unpaired) electrons. The average molecular weight is 360 g/mol. The second kappa shape index (κ2) is 6.72. The van der Waals surface area contributed by atoms with Gasteiger partial charge in [0, 0.05) is 17.5 Å². The van der Waals surface area contributed by atoms with Crippen LogP contribution in [0.3, 0.4) is 0 Å². The van der Waals surface area contributed by atoms with E-state index >= 15 is 0 Å². The van der Waals surface area contributed by atoms with Crippen molar-refractivity contribution >= 4 is 33.7 Å². The number of aryl methyl sites for hydroxylation is 2. The summed E-state index contributed by atoms with van der Waals surface area (Å²) in [5.74, 6) is 1.01. The van der Waals surface area contributed by atoms with E-state index in [1.54, 1.807) is 36.1 Å². The molecular weight excluding hydrogens is 340 g/mol. The predicted molar refractivity (Wildman–Crippen MR) is 106 cm³/mol. The van der Waals surface area contributed by atoms with Gasteiger partial charge in [0.25, 0.3) is 5.91 Å². The Bertz CT molecular complexity index is 1150. The number of carbonyl (C=O) groups excluding carboxylic acids is 1. The second-order valence-electron chi connectivity index (χ2n) is 6.40. The molecule has 0 fully saturated rings. The molecule has 0 saturated heterocycles. The molecule has 27 heavy (non-hydrogen) atoms. The summed E-state index contributed by atoms with van der Waals surface area (Å²) in [6.07, 6.45) is 0. The number of hydrogen-bond donors (Lipinski definition) is 1. The molecule has 0 atom stereocenters. The summed E-state index contributed by atoms with van der Waals surface area (Å²) in [7, 11) is 1.59. The molecule has 0 saturated carbocycles. The molecule has 2 heterocycles. The third-order valence-electron chi connectivity index (χ3n) is 4.55. The third kappa shape index (κ3) is 3.10. The molecule has 0 aliphatic carbocycles. The predicted octanol–water partition coefficient (Wildman–Crippen LogP) is 4.17. The van der Waals surface area contributed by atoms with E-state index in [-0.39, 0.29) is 5.91 Å². The van der Waals surface area contributed by atoms with Gasteiger partial charge in [-0.25, -0.2) is 9.67 Å². The highest BCUT2D eigenvalue weighted by atomic mass is 16.5. The van der Waals surface area contributed by atoms with Crippen molar-refractivity contribution in [3.05, 3.63) is 59.7 Å². The van der Waals surface area contributed by atoms with Crippen molar-refractivity contribution in [2.45, 2.75) is 20.4 Å². The van der Waals surface area contributed by atoms with Crippen molar-refractivity contribution in [1.29, 1.82) is 0 Å². The Labute approximate surface area is 156 Å². The van der Waals surface area contributed by atoms with Crippen molar-refractivity contribution in [3.8, 4) is 5.75 Å². The minimum atomic E-state index is -0.218. The molecule has 2 aromatic heterocycles. The fourth-order valence-corrected chi connectivity index (χ4v) is 3.11. The first-order valence-electron chi connectivity index (χ1n) is 8.82. The van der Waals surface area contributed by atoms with Crippen LogP contribution in [-0.4, -0.2) is 27.8 Å². The Kier molecular flexibility index (Phi) is 4.24. The van der Waals surface area contributed by atoms with Gasteiger partial charge in [-0.05, 0) is 56.3 Å². The quantitative estimate of drug-likeness (QED) is 0.593. The number of hydrogen-bond acceptors (Lipinski definition) is 4. The molecule has 1 amide bonds. The van der Waals surface area contributed by atoms with Gasteiger partial charge in [0.05, 0.1) is 18.0 Å². The highest BCUT2D eigenvalue weighted by molar-refractivity contribution is 6.08. The summed E-state index contributed by atoms with van der Waals surface area (Å²) in [5, 5.41) is 9.33. The summed E-state index contributed by atoms with van der Waals surface area (Å²) in [4.78, 5) is 17.4. The van der Waals surface area contributed by atoms with Gasteiger partial charge in [-0.1, -0.05) is 11.6 Å². The van der Waals surface area contributed by atoms with Crippen molar-refractivity contribution in [2.24, 2.45) is 0 Å². The van der Waals surface area contributed by atoms with Crippen LogP contribution in [0, 0.1) is 6.92 Å². The van der Waals surface area contributed by atoms with Gasteiger partial charge in [0.1, 0.15) is 5.75 Å². The lowest BCUT2D eigenvalue weighted by molar-refractivity contribution is 0.102. The Hall–Kier alpha value is -3.41. The zero-order valence-corrected chi connectivity index (χ0v) is 15.5. The molecule has 0 bridgehead atoms. The van der Waals surface area contributed by atoms with Crippen LogP contribution in [-0.2, 0) is 6.54 Å². The van der Waals surface area contributed by atoms with E-state index in [4.69, 9.17) is 9.72 Å². The Morgan fingerprint density at radius 1 is 1.15 bits per heavy atom. The molecule has 0 aliphatic rings. The molecule has 6 nitrogen and oxygen atoms in total. The Balaban J connectivity index is 1.76. The molecule has 0 unspecified atom stereocenters. The van der Waals surface area contributed by atoms with Crippen molar-refractivity contribution in [2.75, 3.05) is 12.4 Å². The van der Waals surface area contributed by atoms with Gasteiger partial charge in [-0.2, -0.15) is 5.10 Å². The normalized spacial score (nSPS) is 11.1. The van der Waals surface area contributed by atoms with Crippen LogP contribution in [0.2, 0.25) is 0 Å². The van der Waals surface area contributed by atoms with E-state index in [0.29, 0.717) is 23.7 Å². The van der Waals surface area contributed by atoms with Gasteiger partial charge in [-0.15, -0.1) is 0 Å². The summed E-state index contributed by atoms with van der Waals surface area (Å²) in [6.45, 7) is 4.72. The fraction of sp³-hybridized carbons (Fsp3) is 0.190. The lowest BCUT2D eigenvalue weighted by Gasteiger charge is -2.04. The molecular formula is C21H20N4O2. The molecule has 4 rings (SSSR count). The van der Waals surface area contributed by atoms with Crippen LogP contribution in [0.4, 0.5) is 5.82 Å². The molecule has 6 heteroatoms. The number of anilines is 1. The highest BCUT2D eigenvalue weighted by Gasteiger charge is 2.16. The molecule has 136 valence electrons. The lowest BCUT2D eigenvalue weighted by atomic mass is 10.1. The molecule has 1 N–H and O–H groups in total. The average Bonchev–Trinajstić information content (AvgIpc) is 3.02. The highest BCUT2D eigenvalue weighted by Crippen LogP contribution is 2.27. The van der Waals surface area contributed by atoms with Gasteiger partial charge < -0.3 is 10.1 Å². The topological polar surface area (TPSA) is 69.0 Å². The second-order valence-corrected chi connectivity index (χ2v) is 6.40. The first-order valence-corrected chi connectivity index (χ1v) is 8.82. The van der Waals surface area contributed by atoms with E-state index in [2.05, 4.69) is 16.5 Å². The van der Waals surface area contributed by atoms with Gasteiger partial charge in [0.2, 0.25) is 0 Å². The van der Waals surface area contributed by atoms with Crippen LogP contribution >= 0.6 is 0 Å². The Morgan fingerprint density at radius 3 is 2.63 bits per heavy atom. The zero-order chi connectivity index (χ0) is 19.0. The maximum atomic E-state index is 12.7. The fourth-order valence-electron chi connectivity index (χ4n) is 3.11. The summed E-state index contributed by atoms with van der Waals surface area (Å²) in [5.41, 5.74) is 3.38. The Morgan fingerprint density at radius 2 is 1.93 bits per heavy atom. The van der Waals surface area contributed by atoms with Crippen molar-refractivity contribution in [3.63, 3.8) is 0 Å². The number of nitrogens with one attached hydrogen (secondary N) is 1. The monoisotopic (exact) mass is 360 g/mol. The van der Waals surface area contributed by atoms with Crippen LogP contribution in [0.25, 0.3) is 21.9 Å². The molecule has 4 aromatic rings. The van der Waals surface area contributed by atoms with Crippen LogP contribution in [0.5, 0.6) is 5.75 Å². The number of nitrogens with zero attached hydrogens (tertiary/aromatic N) is 3. The van der Waals surface area contributed by atoms with Crippen LogP contribution in [0.1, 0.15) is 22.8 Å². The van der Waals surface area contributed by atoms with E-state index < -0.39 is 0 Å². The minimum absolute atomic E-state index is 0.218. The van der Waals surface area contributed by atoms with E-state index in [1.807, 2.05) is 32.0 Å². The lowest BCUT2D eigenvalue weighted by Crippen LogP contribution is -2.12. The number of rotatable bonds is 4. The molecule has 0 spiro atoms. The number of methoxy groups -OCH3 is 1. The summed E-state index contributed by atoms with van der Waals surface area (Å²) >= 11 is 0. The number of pyridine rings is 1. The van der Waals surface area contributed by atoms with E-state index in [9.17, 15) is 4.79 Å². The maximum Gasteiger partial charge on any atom is 0.256 e. The maximum absolute atomic E-state index is 12.7. The van der Waals surface area contributed by atoms with Crippen molar-refractivity contribution in [1.82, 2.24) is 14.8 Å². The standard InChI is InChI=1S/C21H20N4O2/c1-4-25-20-17(12-15-11-13(2)5-10-18(15)22-20)19(24-25)23-21(26)14-6-8-16(27-3)9-7-14/h5-12H,4H2,1-3H3,(H,23,24,26). The largest absolute Gasteiger partial charge is 0.497 e. The van der Waals surface area contributed by atoms with Crippen LogP contribution < -0.4 is 10.1 Å². The smallest absolute Gasteiger partial charge is 0.256 e. The first kappa shape index (κ1) is 17.0. The van der Waals surface area contributed by atoms with Gasteiger partial charge >= 0.3 is 0 Å². The number of carbonyl (C=O) groups is 1. The summed E-state index contributed by atoms with van der Waals surface area (Å²) in [6, 6.07) is 15.1.